The van der Waals surface area contributed by atoms with Crippen molar-refractivity contribution in [3.63, 3.8) is 0 Å². The Kier molecular flexibility index (Phi) is 6.99. The minimum absolute atomic E-state index is 0.00449. The van der Waals surface area contributed by atoms with Crippen molar-refractivity contribution in [2.24, 2.45) is 33.7 Å². The van der Waals surface area contributed by atoms with Crippen LogP contribution in [0.4, 0.5) is 0 Å². The van der Waals surface area contributed by atoms with Gasteiger partial charge in [-0.05, 0) is 91.0 Å². The van der Waals surface area contributed by atoms with Gasteiger partial charge in [0.15, 0.2) is 11.5 Å². The summed E-state index contributed by atoms with van der Waals surface area (Å²) >= 11 is 0. The number of ether oxygens (including phenoxy) is 4. The molecule has 0 radical (unpaired) electrons. The number of fused-ring (bicyclic) bond motifs is 5. The van der Waals surface area contributed by atoms with Gasteiger partial charge in [-0.1, -0.05) is 30.7 Å². The lowest BCUT2D eigenvalue weighted by molar-refractivity contribution is -0.148. The molecule has 0 aromatic heterocycles. The highest BCUT2D eigenvalue weighted by Crippen LogP contribution is 2.65. The topological polar surface area (TPSA) is 86.6 Å². The van der Waals surface area contributed by atoms with E-state index in [4.69, 9.17) is 18.9 Å². The van der Waals surface area contributed by atoms with Crippen LogP contribution in [0.25, 0.3) is 6.08 Å². The first-order chi connectivity index (χ1) is 18.2. The van der Waals surface area contributed by atoms with Gasteiger partial charge in [-0.3, -0.25) is 4.79 Å². The third kappa shape index (κ3) is 4.18. The Morgan fingerprint density at radius 2 is 1.68 bits per heavy atom. The van der Waals surface area contributed by atoms with Gasteiger partial charge in [-0.15, -0.1) is 0 Å². The maximum absolute atomic E-state index is 11.6. The second kappa shape index (κ2) is 9.97. The monoisotopic (exact) mass is 523 g/mol. The van der Waals surface area contributed by atoms with Gasteiger partial charge in [0.2, 0.25) is 5.75 Å². The summed E-state index contributed by atoms with van der Waals surface area (Å²) in [5, 5.41) is 14.2. The van der Waals surface area contributed by atoms with Gasteiger partial charge in [0.1, 0.15) is 6.10 Å². The lowest BCUT2D eigenvalue weighted by Crippen LogP contribution is -2.50. The van der Waals surface area contributed by atoms with Gasteiger partial charge in [-0.2, -0.15) is 0 Å². The third-order valence-electron chi connectivity index (χ3n) is 10.2. The molecular weight excluding hydrogens is 482 g/mol. The highest BCUT2D eigenvalue weighted by atomic mass is 16.5. The predicted molar refractivity (Wildman–Crippen MR) is 146 cm³/mol. The molecule has 206 valence electrons. The molecule has 5 rings (SSSR count). The van der Waals surface area contributed by atoms with E-state index in [1.165, 1.54) is 12.5 Å². The number of nitrogens with zero attached hydrogens (tertiary/aromatic N) is 1. The van der Waals surface area contributed by atoms with E-state index in [9.17, 15) is 10.0 Å². The first-order valence-electron chi connectivity index (χ1n) is 13.8. The van der Waals surface area contributed by atoms with Crippen LogP contribution >= 0.6 is 0 Å². The number of carbonyl (C=O) groups is 1. The number of rotatable bonds is 5. The van der Waals surface area contributed by atoms with Crippen LogP contribution in [0, 0.1) is 28.6 Å². The van der Waals surface area contributed by atoms with Crippen LogP contribution in [0.2, 0.25) is 0 Å². The molecule has 7 heteroatoms. The van der Waals surface area contributed by atoms with Crippen molar-refractivity contribution in [3.8, 4) is 17.2 Å². The molecule has 0 bridgehead atoms. The summed E-state index contributed by atoms with van der Waals surface area (Å²) in [6, 6.07) is 3.88. The van der Waals surface area contributed by atoms with E-state index in [-0.39, 0.29) is 22.9 Å². The van der Waals surface area contributed by atoms with Crippen LogP contribution in [0.15, 0.2) is 34.5 Å². The lowest BCUT2D eigenvalue weighted by Gasteiger charge is -2.57. The quantitative estimate of drug-likeness (QED) is 0.207. The molecule has 3 saturated carbocycles. The molecule has 0 saturated heterocycles. The molecule has 1 N–H and O–H groups in total. The van der Waals surface area contributed by atoms with E-state index in [2.05, 4.69) is 31.2 Å². The second-order valence-electron chi connectivity index (χ2n) is 12.0. The maximum Gasteiger partial charge on any atom is 0.302 e. The summed E-state index contributed by atoms with van der Waals surface area (Å²) in [5.74, 6) is 3.09. The average molecular weight is 524 g/mol. The minimum atomic E-state index is -0.186. The third-order valence-corrected chi connectivity index (χ3v) is 10.2. The van der Waals surface area contributed by atoms with Gasteiger partial charge >= 0.3 is 5.97 Å². The van der Waals surface area contributed by atoms with Crippen molar-refractivity contribution in [3.05, 3.63) is 34.9 Å². The predicted octanol–water partition coefficient (Wildman–Crippen LogP) is 6.43. The smallest absolute Gasteiger partial charge is 0.302 e. The fraction of sp³-hybridized carbons (Fsp3) is 0.613. The van der Waals surface area contributed by atoms with Crippen molar-refractivity contribution in [1.82, 2.24) is 0 Å². The summed E-state index contributed by atoms with van der Waals surface area (Å²) in [7, 11) is 4.83. The van der Waals surface area contributed by atoms with Gasteiger partial charge in [0, 0.05) is 18.8 Å². The van der Waals surface area contributed by atoms with Gasteiger partial charge < -0.3 is 24.2 Å². The molecule has 4 aliphatic carbocycles. The Hall–Kier alpha value is -2.96. The fourth-order valence-electron chi connectivity index (χ4n) is 8.35. The van der Waals surface area contributed by atoms with Crippen LogP contribution in [-0.4, -0.2) is 44.3 Å². The zero-order chi connectivity index (χ0) is 27.2. The number of methoxy groups -OCH3 is 3. The first kappa shape index (κ1) is 26.6. The van der Waals surface area contributed by atoms with Crippen LogP contribution in [0.5, 0.6) is 17.2 Å². The van der Waals surface area contributed by atoms with Gasteiger partial charge in [-0.25, -0.2) is 0 Å². The number of carbonyl (C=O) groups excluding carboxylic acids is 1. The lowest BCUT2D eigenvalue weighted by atomic mass is 9.48. The van der Waals surface area contributed by atoms with Crippen LogP contribution in [0.1, 0.15) is 71.3 Å². The highest BCUT2D eigenvalue weighted by Gasteiger charge is 2.59. The zero-order valence-corrected chi connectivity index (χ0v) is 23.5. The van der Waals surface area contributed by atoms with Crippen molar-refractivity contribution in [1.29, 1.82) is 0 Å². The van der Waals surface area contributed by atoms with E-state index in [0.717, 1.165) is 61.8 Å². The Morgan fingerprint density at radius 3 is 2.29 bits per heavy atom. The van der Waals surface area contributed by atoms with Crippen LogP contribution in [0.3, 0.4) is 0 Å². The molecule has 1 aromatic carbocycles. The Balaban J connectivity index is 1.47. The van der Waals surface area contributed by atoms with Crippen molar-refractivity contribution < 1.29 is 28.9 Å². The number of esters is 1. The molecule has 4 aliphatic rings. The minimum Gasteiger partial charge on any atom is -0.493 e. The molecule has 3 fully saturated rings. The number of benzene rings is 1. The molecular formula is C31H41NO6. The largest absolute Gasteiger partial charge is 0.493 e. The zero-order valence-electron chi connectivity index (χ0n) is 23.5. The Bertz CT molecular complexity index is 1180. The van der Waals surface area contributed by atoms with E-state index in [1.54, 1.807) is 21.3 Å². The first-order valence-corrected chi connectivity index (χ1v) is 13.8. The molecule has 1 aromatic rings. The molecule has 7 nitrogen and oxygen atoms in total. The van der Waals surface area contributed by atoms with Gasteiger partial charge in [0.25, 0.3) is 0 Å². The summed E-state index contributed by atoms with van der Waals surface area (Å²) in [6.07, 6.45) is 11.4. The second-order valence-corrected chi connectivity index (χ2v) is 12.0. The maximum atomic E-state index is 11.6. The van der Waals surface area contributed by atoms with Crippen LogP contribution < -0.4 is 14.2 Å². The van der Waals surface area contributed by atoms with Crippen molar-refractivity contribution in [2.45, 2.75) is 71.8 Å². The standard InChI is InChI=1S/C31H41NO6/c1-18(33)38-22-9-11-30(2)21(17-22)7-8-23-24(30)10-12-31(3)25(23)16-20(29(31)32-34)13-19-14-26(35-4)28(37-6)27(15-19)36-5/h7,13-15,22-25,34H,8-12,16-17H2,1-6H3/b20-13+,32-29+/t22-,23?,24?,25?,30-,31-/m0/s1. The molecule has 38 heavy (non-hydrogen) atoms. The summed E-state index contributed by atoms with van der Waals surface area (Å²) in [4.78, 5) is 11.6. The van der Waals surface area contributed by atoms with E-state index < -0.39 is 0 Å². The summed E-state index contributed by atoms with van der Waals surface area (Å²) in [5.41, 5.74) is 4.26. The average Bonchev–Trinajstić information content (AvgIpc) is 3.18. The normalized spacial score (nSPS) is 36.1. The SMILES string of the molecule is COc1cc(/C=C2\CC3C4CC=C5C[C@@H](OC(C)=O)CC[C@]5(C)C4CC[C@]3(C)\C2=N\O)cc(OC)c1OC. The molecule has 0 aliphatic heterocycles. The van der Waals surface area contributed by atoms with Crippen molar-refractivity contribution >= 4 is 17.8 Å². The van der Waals surface area contributed by atoms with Crippen LogP contribution in [-0.2, 0) is 9.53 Å². The summed E-state index contributed by atoms with van der Waals surface area (Å²) in [6.45, 7) is 6.23. The number of allylic oxidation sites excluding steroid dienone is 2. The van der Waals surface area contributed by atoms with E-state index in [1.807, 2.05) is 12.1 Å². The molecule has 3 unspecified atom stereocenters. The molecule has 0 heterocycles. The molecule has 0 spiro atoms. The van der Waals surface area contributed by atoms with E-state index in [0.29, 0.717) is 35.0 Å². The van der Waals surface area contributed by atoms with Gasteiger partial charge in [0.05, 0.1) is 27.0 Å². The fourth-order valence-corrected chi connectivity index (χ4v) is 8.35. The molecule has 6 atom stereocenters. The summed E-state index contributed by atoms with van der Waals surface area (Å²) < 4.78 is 22.2. The Labute approximate surface area is 225 Å². The van der Waals surface area contributed by atoms with E-state index >= 15 is 0 Å². The molecule has 0 amide bonds. The Morgan fingerprint density at radius 1 is 1.00 bits per heavy atom. The van der Waals surface area contributed by atoms with Crippen molar-refractivity contribution in [2.75, 3.05) is 21.3 Å². The highest BCUT2D eigenvalue weighted by molar-refractivity contribution is 6.09. The number of oxime groups is 1. The number of hydrogen-bond acceptors (Lipinski definition) is 7. The number of hydrogen-bond donors (Lipinski definition) is 1.